The number of likely N-dealkylation sites (tertiary alicyclic amines) is 1. The van der Waals surface area contributed by atoms with Crippen molar-refractivity contribution in [3.8, 4) is 0 Å². The summed E-state index contributed by atoms with van der Waals surface area (Å²) >= 11 is 0. The van der Waals surface area contributed by atoms with Gasteiger partial charge in [0.25, 0.3) is 5.91 Å². The van der Waals surface area contributed by atoms with Gasteiger partial charge in [0.2, 0.25) is 0 Å². The van der Waals surface area contributed by atoms with Gasteiger partial charge in [-0.05, 0) is 59.6 Å². The van der Waals surface area contributed by atoms with Gasteiger partial charge in [0.15, 0.2) is 11.5 Å². The summed E-state index contributed by atoms with van der Waals surface area (Å²) in [6, 6.07) is 5.18. The predicted molar refractivity (Wildman–Crippen MR) is 152 cm³/mol. The Balaban J connectivity index is 1.37. The van der Waals surface area contributed by atoms with Gasteiger partial charge in [-0.1, -0.05) is 0 Å². The van der Waals surface area contributed by atoms with Crippen molar-refractivity contribution in [2.24, 2.45) is 0 Å². The van der Waals surface area contributed by atoms with E-state index in [1.165, 1.54) is 6.07 Å². The summed E-state index contributed by atoms with van der Waals surface area (Å²) in [7, 11) is 2.04. The minimum atomic E-state index is -0.525. The van der Waals surface area contributed by atoms with Crippen molar-refractivity contribution >= 4 is 39.9 Å². The molecule has 1 fully saturated rings. The van der Waals surface area contributed by atoms with E-state index in [2.05, 4.69) is 15.2 Å². The average molecular weight is 550 g/mol. The number of piperidine rings is 1. The normalized spacial score (nSPS) is 14.6. The molecule has 1 aliphatic rings. The highest BCUT2D eigenvalue weighted by Crippen LogP contribution is 2.32. The Bertz CT molecular complexity index is 1580. The maximum Gasteiger partial charge on any atom is 0.410 e. The number of aryl methyl sites for hydroxylation is 2. The lowest BCUT2D eigenvalue weighted by atomic mass is 10.0. The second-order valence-electron chi connectivity index (χ2n) is 11.3. The van der Waals surface area contributed by atoms with E-state index in [4.69, 9.17) is 9.84 Å². The van der Waals surface area contributed by atoms with Crippen LogP contribution in [0.2, 0.25) is 0 Å². The van der Waals surface area contributed by atoms with E-state index in [-0.39, 0.29) is 23.7 Å². The maximum absolute atomic E-state index is 14.6. The number of halogens is 1. The fraction of sp³-hybridized carbons (Fsp3) is 0.448. The van der Waals surface area contributed by atoms with Crippen LogP contribution in [0, 0.1) is 12.7 Å². The van der Waals surface area contributed by atoms with E-state index >= 15 is 0 Å². The second kappa shape index (κ2) is 10.4. The number of amides is 2. The molecule has 1 aromatic carbocycles. The number of carbonyl (C=O) groups is 2. The lowest BCUT2D eigenvalue weighted by Crippen LogP contribution is -2.47. The van der Waals surface area contributed by atoms with E-state index in [1.807, 2.05) is 51.7 Å². The van der Waals surface area contributed by atoms with Gasteiger partial charge >= 0.3 is 6.09 Å². The van der Waals surface area contributed by atoms with Crippen LogP contribution in [0.5, 0.6) is 0 Å². The van der Waals surface area contributed by atoms with Gasteiger partial charge < -0.3 is 24.3 Å². The first-order valence-electron chi connectivity index (χ1n) is 13.6. The molecule has 1 N–H and O–H groups in total. The number of carbonyl (C=O) groups excluding carboxylic acids is 2. The van der Waals surface area contributed by atoms with Gasteiger partial charge in [-0.25, -0.2) is 14.2 Å². The summed E-state index contributed by atoms with van der Waals surface area (Å²) < 4.78 is 23.5. The fourth-order valence-corrected chi connectivity index (χ4v) is 5.20. The Morgan fingerprint density at radius 1 is 1.18 bits per heavy atom. The van der Waals surface area contributed by atoms with Gasteiger partial charge in [0, 0.05) is 68.5 Å². The third-order valence-corrected chi connectivity index (χ3v) is 7.20. The lowest BCUT2D eigenvalue weighted by molar-refractivity contribution is 0.0205. The molecular weight excluding hydrogens is 513 g/mol. The molecule has 2 amide bonds. The van der Waals surface area contributed by atoms with Crippen LogP contribution in [0.1, 0.15) is 56.6 Å². The van der Waals surface area contributed by atoms with E-state index in [1.54, 1.807) is 34.7 Å². The van der Waals surface area contributed by atoms with Crippen LogP contribution >= 0.6 is 0 Å². The number of nitrogens with zero attached hydrogens (tertiary/aromatic N) is 6. The quantitative estimate of drug-likeness (QED) is 0.366. The summed E-state index contributed by atoms with van der Waals surface area (Å²) in [6.45, 7) is 11.3. The summed E-state index contributed by atoms with van der Waals surface area (Å²) in [5, 5.41) is 8.38. The summed E-state index contributed by atoms with van der Waals surface area (Å²) in [5.41, 5.74) is 2.64. The maximum atomic E-state index is 14.6. The van der Waals surface area contributed by atoms with E-state index < -0.39 is 11.4 Å². The van der Waals surface area contributed by atoms with Gasteiger partial charge in [-0.3, -0.25) is 9.48 Å². The van der Waals surface area contributed by atoms with Crippen LogP contribution in [-0.4, -0.2) is 67.8 Å². The zero-order chi connectivity index (χ0) is 28.8. The van der Waals surface area contributed by atoms with Crippen molar-refractivity contribution in [1.82, 2.24) is 24.1 Å². The first-order valence-corrected chi connectivity index (χ1v) is 13.6. The zero-order valence-electron chi connectivity index (χ0n) is 23.9. The van der Waals surface area contributed by atoms with Gasteiger partial charge in [-0.15, -0.1) is 0 Å². The molecule has 10 nitrogen and oxygen atoms in total. The van der Waals surface area contributed by atoms with Crippen LogP contribution in [0.25, 0.3) is 16.6 Å². The smallest absolute Gasteiger partial charge is 0.410 e. The average Bonchev–Trinajstić information content (AvgIpc) is 3.50. The zero-order valence-corrected chi connectivity index (χ0v) is 23.9. The molecule has 3 aromatic heterocycles. The number of imidazole rings is 1. The van der Waals surface area contributed by atoms with Crippen molar-refractivity contribution in [3.63, 3.8) is 0 Å². The summed E-state index contributed by atoms with van der Waals surface area (Å²) in [6.07, 6.45) is 6.61. The molecule has 0 spiro atoms. The fourth-order valence-electron chi connectivity index (χ4n) is 5.20. The summed E-state index contributed by atoms with van der Waals surface area (Å²) in [4.78, 5) is 34.0. The van der Waals surface area contributed by atoms with Crippen LogP contribution in [-0.2, 0) is 11.3 Å². The van der Waals surface area contributed by atoms with Crippen LogP contribution in [0.4, 0.5) is 20.6 Å². The Morgan fingerprint density at radius 3 is 2.58 bits per heavy atom. The SMILES string of the molecule is CCn1cc2c(N(C)C3CCN(C(=O)OC(C)(C)C)CC3)ccc(C(=O)Nc3cc(F)c4nc(C)cn4c3)c2n1. The van der Waals surface area contributed by atoms with Crippen molar-refractivity contribution in [2.75, 3.05) is 30.4 Å². The number of aromatic nitrogens is 4. The van der Waals surface area contributed by atoms with E-state index in [0.29, 0.717) is 42.1 Å². The topological polar surface area (TPSA) is 97.0 Å². The highest BCUT2D eigenvalue weighted by molar-refractivity contribution is 6.13. The molecule has 212 valence electrons. The molecule has 4 aromatic rings. The molecule has 0 aliphatic carbocycles. The molecule has 0 atom stereocenters. The molecule has 11 heteroatoms. The van der Waals surface area contributed by atoms with Crippen molar-refractivity contribution in [1.29, 1.82) is 0 Å². The lowest BCUT2D eigenvalue weighted by Gasteiger charge is -2.38. The first-order chi connectivity index (χ1) is 18.9. The predicted octanol–water partition coefficient (Wildman–Crippen LogP) is 5.24. The molecular formula is C29H36FN7O3. The molecule has 0 unspecified atom stereocenters. The molecule has 1 aliphatic heterocycles. The molecule has 5 rings (SSSR count). The minimum absolute atomic E-state index is 0.208. The highest BCUT2D eigenvalue weighted by atomic mass is 19.1. The number of hydrogen-bond donors (Lipinski definition) is 1. The largest absolute Gasteiger partial charge is 0.444 e. The third kappa shape index (κ3) is 5.45. The summed E-state index contributed by atoms with van der Waals surface area (Å²) in [5.74, 6) is -0.886. The second-order valence-corrected chi connectivity index (χ2v) is 11.3. The monoisotopic (exact) mass is 549 g/mol. The first kappa shape index (κ1) is 27.4. The Hall–Kier alpha value is -4.15. The van der Waals surface area contributed by atoms with Crippen LogP contribution in [0.3, 0.4) is 0 Å². The number of pyridine rings is 1. The number of anilines is 2. The van der Waals surface area contributed by atoms with Gasteiger partial charge in [0.1, 0.15) is 11.1 Å². The molecule has 4 heterocycles. The highest BCUT2D eigenvalue weighted by Gasteiger charge is 2.30. The van der Waals surface area contributed by atoms with E-state index in [0.717, 1.165) is 23.9 Å². The molecule has 0 radical (unpaired) electrons. The number of hydrogen-bond acceptors (Lipinski definition) is 6. The molecule has 0 bridgehead atoms. The molecule has 40 heavy (non-hydrogen) atoms. The number of nitrogens with one attached hydrogen (secondary N) is 1. The Morgan fingerprint density at radius 2 is 1.90 bits per heavy atom. The Labute approximate surface area is 232 Å². The minimum Gasteiger partial charge on any atom is -0.444 e. The number of ether oxygens (including phenoxy) is 1. The van der Waals surface area contributed by atoms with Crippen LogP contribution in [0.15, 0.2) is 36.8 Å². The van der Waals surface area contributed by atoms with Gasteiger partial charge in [-0.2, -0.15) is 5.10 Å². The van der Waals surface area contributed by atoms with Crippen molar-refractivity contribution in [2.45, 2.75) is 65.6 Å². The standard InChI is InChI=1S/C29H36FN7O3/c1-7-37-17-22-24(34(6)20-10-12-35(13-11-20)28(39)40-29(3,4)5)9-8-21(25(22)33-37)27(38)32-19-14-23(30)26-31-18(2)15-36(26)16-19/h8-9,14-17,20H,7,10-13H2,1-6H3,(H,32,38). The number of fused-ring (bicyclic) bond motifs is 2. The van der Waals surface area contributed by atoms with Crippen molar-refractivity contribution < 1.29 is 18.7 Å². The molecule has 1 saturated heterocycles. The van der Waals surface area contributed by atoms with Crippen LogP contribution < -0.4 is 10.2 Å². The molecule has 0 saturated carbocycles. The third-order valence-electron chi connectivity index (χ3n) is 7.20. The number of rotatable bonds is 5. The van der Waals surface area contributed by atoms with E-state index in [9.17, 15) is 14.0 Å². The van der Waals surface area contributed by atoms with Gasteiger partial charge in [0.05, 0.1) is 16.9 Å². The van der Waals surface area contributed by atoms with Crippen molar-refractivity contribution in [3.05, 3.63) is 53.9 Å². The number of benzene rings is 1. The Kier molecular flexibility index (Phi) is 7.16.